The van der Waals surface area contributed by atoms with E-state index in [0.29, 0.717) is 6.42 Å². The van der Waals surface area contributed by atoms with Crippen LogP contribution in [0, 0.1) is 0 Å². The van der Waals surface area contributed by atoms with Crippen LogP contribution in [0.25, 0.3) is 0 Å². The van der Waals surface area contributed by atoms with Crippen molar-refractivity contribution in [1.29, 1.82) is 0 Å². The molecule has 1 fully saturated rings. The van der Waals surface area contributed by atoms with Gasteiger partial charge in [0.25, 0.3) is 5.56 Å². The fourth-order valence-corrected chi connectivity index (χ4v) is 1.83. The molecule has 1 saturated heterocycles. The summed E-state index contributed by atoms with van der Waals surface area (Å²) in [5, 5.41) is 8.93. The average Bonchev–Trinajstić information content (AvgIpc) is 2.74. The first kappa shape index (κ1) is 11.1. The molecule has 0 spiro atoms. The van der Waals surface area contributed by atoms with Gasteiger partial charge in [0.15, 0.2) is 0 Å². The Morgan fingerprint density at radius 1 is 1.50 bits per heavy atom. The third kappa shape index (κ3) is 1.81. The number of hydrogen-bond acceptors (Lipinski definition) is 4. The second-order valence-electron chi connectivity index (χ2n) is 3.88. The minimum Gasteiger partial charge on any atom is -0.394 e. The molecule has 0 aromatic carbocycles. The Hall–Kier alpha value is -1.40. The van der Waals surface area contributed by atoms with E-state index < -0.39 is 5.69 Å². The van der Waals surface area contributed by atoms with Crippen molar-refractivity contribution in [2.45, 2.75) is 25.2 Å². The first-order valence-electron chi connectivity index (χ1n) is 5.18. The van der Waals surface area contributed by atoms with Gasteiger partial charge in [0, 0.05) is 19.3 Å². The molecule has 6 heteroatoms. The van der Waals surface area contributed by atoms with Crippen LogP contribution in [0.15, 0.2) is 21.9 Å². The highest BCUT2D eigenvalue weighted by molar-refractivity contribution is 4.88. The molecular weight excluding hydrogens is 212 g/mol. The van der Waals surface area contributed by atoms with Gasteiger partial charge >= 0.3 is 5.69 Å². The molecule has 2 heterocycles. The van der Waals surface area contributed by atoms with Gasteiger partial charge in [-0.2, -0.15) is 0 Å². The molecule has 1 aromatic rings. The highest BCUT2D eigenvalue weighted by Gasteiger charge is 2.26. The zero-order chi connectivity index (χ0) is 11.7. The lowest BCUT2D eigenvalue weighted by molar-refractivity contribution is -0.0251. The normalized spacial score (nSPS) is 24.9. The smallest absolute Gasteiger partial charge is 0.332 e. The molecule has 2 unspecified atom stereocenters. The maximum atomic E-state index is 11.8. The first-order valence-corrected chi connectivity index (χ1v) is 5.18. The summed E-state index contributed by atoms with van der Waals surface area (Å²) in [5.41, 5.74) is -0.728. The molecule has 0 saturated carbocycles. The number of aliphatic hydroxyl groups is 1. The van der Waals surface area contributed by atoms with Crippen molar-refractivity contribution < 1.29 is 9.84 Å². The van der Waals surface area contributed by atoms with Crippen LogP contribution in [0.3, 0.4) is 0 Å². The number of rotatable bonds is 2. The van der Waals surface area contributed by atoms with Crippen molar-refractivity contribution in [3.05, 3.63) is 33.1 Å². The van der Waals surface area contributed by atoms with Gasteiger partial charge in [0.1, 0.15) is 6.23 Å². The number of aromatic nitrogens is 2. The van der Waals surface area contributed by atoms with Crippen LogP contribution < -0.4 is 11.2 Å². The van der Waals surface area contributed by atoms with Crippen LogP contribution >= 0.6 is 0 Å². The van der Waals surface area contributed by atoms with Gasteiger partial charge in [0.2, 0.25) is 0 Å². The highest BCUT2D eigenvalue weighted by Crippen LogP contribution is 2.26. The summed E-state index contributed by atoms with van der Waals surface area (Å²) in [6.45, 7) is -0.0446. The van der Waals surface area contributed by atoms with Crippen LogP contribution in [0.2, 0.25) is 0 Å². The molecule has 1 aromatic heterocycles. The van der Waals surface area contributed by atoms with Crippen molar-refractivity contribution in [3.63, 3.8) is 0 Å². The van der Waals surface area contributed by atoms with E-state index in [4.69, 9.17) is 9.84 Å². The van der Waals surface area contributed by atoms with Crippen LogP contribution in [0.4, 0.5) is 0 Å². The fraction of sp³-hybridized carbons (Fsp3) is 0.600. The molecule has 2 rings (SSSR count). The van der Waals surface area contributed by atoms with Gasteiger partial charge in [-0.15, -0.1) is 0 Å². The maximum absolute atomic E-state index is 11.8. The Morgan fingerprint density at radius 3 is 2.88 bits per heavy atom. The number of hydrogen-bond donors (Lipinski definition) is 1. The van der Waals surface area contributed by atoms with Gasteiger partial charge in [-0.3, -0.25) is 13.9 Å². The van der Waals surface area contributed by atoms with E-state index in [1.54, 1.807) is 0 Å². The van der Waals surface area contributed by atoms with E-state index >= 15 is 0 Å². The topological polar surface area (TPSA) is 73.5 Å². The van der Waals surface area contributed by atoms with Crippen molar-refractivity contribution in [3.8, 4) is 0 Å². The Balaban J connectivity index is 2.33. The monoisotopic (exact) mass is 226 g/mol. The summed E-state index contributed by atoms with van der Waals surface area (Å²) in [5.74, 6) is 0. The fourth-order valence-electron chi connectivity index (χ4n) is 1.83. The van der Waals surface area contributed by atoms with E-state index in [9.17, 15) is 9.59 Å². The number of aliphatic hydroxyl groups excluding tert-OH is 1. The van der Waals surface area contributed by atoms with Gasteiger partial charge in [-0.05, 0) is 12.8 Å². The Bertz CT molecular complexity index is 490. The van der Waals surface area contributed by atoms with Crippen molar-refractivity contribution in [2.75, 3.05) is 6.61 Å². The Morgan fingerprint density at radius 2 is 2.25 bits per heavy atom. The molecule has 88 valence electrons. The Kier molecular flexibility index (Phi) is 2.93. The van der Waals surface area contributed by atoms with Crippen molar-refractivity contribution >= 4 is 0 Å². The van der Waals surface area contributed by atoms with Crippen LogP contribution in [0.1, 0.15) is 19.1 Å². The Labute approximate surface area is 91.7 Å². The van der Waals surface area contributed by atoms with Crippen LogP contribution in [0.5, 0.6) is 0 Å². The molecule has 0 aliphatic carbocycles. The second-order valence-corrected chi connectivity index (χ2v) is 3.88. The zero-order valence-electron chi connectivity index (χ0n) is 9.00. The molecule has 2 atom stereocenters. The summed E-state index contributed by atoms with van der Waals surface area (Å²) >= 11 is 0. The predicted octanol–water partition coefficient (Wildman–Crippen LogP) is -0.783. The van der Waals surface area contributed by atoms with E-state index in [1.165, 1.54) is 23.9 Å². The van der Waals surface area contributed by atoms with Crippen molar-refractivity contribution in [2.24, 2.45) is 7.05 Å². The van der Waals surface area contributed by atoms with E-state index in [-0.39, 0.29) is 24.5 Å². The molecule has 1 aliphatic rings. The van der Waals surface area contributed by atoms with Gasteiger partial charge < -0.3 is 9.84 Å². The SMILES string of the molecule is Cn1c(=O)ccn(C2CCC(CO)O2)c1=O. The summed E-state index contributed by atoms with van der Waals surface area (Å²) in [6.07, 6.45) is 2.24. The van der Waals surface area contributed by atoms with E-state index in [2.05, 4.69) is 0 Å². The van der Waals surface area contributed by atoms with Gasteiger partial charge in [-0.1, -0.05) is 0 Å². The largest absolute Gasteiger partial charge is 0.394 e. The van der Waals surface area contributed by atoms with E-state index in [1.807, 2.05) is 0 Å². The third-order valence-electron chi connectivity index (χ3n) is 2.82. The summed E-state index contributed by atoms with van der Waals surface area (Å²) in [4.78, 5) is 23.0. The molecule has 0 radical (unpaired) electrons. The first-order chi connectivity index (χ1) is 7.63. The molecule has 1 N–H and O–H groups in total. The molecule has 0 amide bonds. The van der Waals surface area contributed by atoms with Gasteiger partial charge in [-0.25, -0.2) is 4.79 Å². The maximum Gasteiger partial charge on any atom is 0.332 e. The summed E-state index contributed by atoms with van der Waals surface area (Å²) in [6, 6.07) is 1.33. The van der Waals surface area contributed by atoms with E-state index in [0.717, 1.165) is 11.0 Å². The molecule has 6 nitrogen and oxygen atoms in total. The van der Waals surface area contributed by atoms with Crippen molar-refractivity contribution in [1.82, 2.24) is 9.13 Å². The predicted molar refractivity (Wildman–Crippen MR) is 56.2 cm³/mol. The molecule has 0 bridgehead atoms. The van der Waals surface area contributed by atoms with Crippen LogP contribution in [-0.4, -0.2) is 27.0 Å². The summed E-state index contributed by atoms with van der Waals surface area (Å²) in [7, 11) is 1.43. The lowest BCUT2D eigenvalue weighted by Gasteiger charge is -2.15. The molecule has 1 aliphatic heterocycles. The van der Waals surface area contributed by atoms with Gasteiger partial charge in [0.05, 0.1) is 12.7 Å². The minimum atomic E-state index is -0.393. The third-order valence-corrected chi connectivity index (χ3v) is 2.82. The minimum absolute atomic E-state index is 0.0446. The molecule has 16 heavy (non-hydrogen) atoms. The lowest BCUT2D eigenvalue weighted by Crippen LogP contribution is -2.38. The quantitative estimate of drug-likeness (QED) is 0.717. The number of ether oxygens (including phenoxy) is 1. The summed E-state index contributed by atoms with van der Waals surface area (Å²) < 4.78 is 7.89. The lowest BCUT2D eigenvalue weighted by atomic mass is 10.2. The molecular formula is C10H14N2O4. The van der Waals surface area contributed by atoms with Crippen LogP contribution in [-0.2, 0) is 11.8 Å². The standard InChI is InChI=1S/C10H14N2O4/c1-11-8(14)4-5-12(10(11)15)9-3-2-7(6-13)16-9/h4-5,7,9,13H,2-3,6H2,1H3. The average molecular weight is 226 g/mol. The number of nitrogens with zero attached hydrogens (tertiary/aromatic N) is 2. The second kappa shape index (κ2) is 4.23. The zero-order valence-corrected chi connectivity index (χ0v) is 9.00. The highest BCUT2D eigenvalue weighted by atomic mass is 16.5.